The zero-order valence-electron chi connectivity index (χ0n) is 53.9. The van der Waals surface area contributed by atoms with Gasteiger partial charge in [-0.3, -0.25) is 0 Å². The molecule has 0 unspecified atom stereocenters. The van der Waals surface area contributed by atoms with Crippen LogP contribution in [-0.2, 0) is 71.1 Å². The Balaban J connectivity index is 0.842. The van der Waals surface area contributed by atoms with Crippen LogP contribution < -0.4 is 9.80 Å². The van der Waals surface area contributed by atoms with E-state index in [9.17, 15) is 0 Å². The molecule has 0 heterocycles. The van der Waals surface area contributed by atoms with Crippen LogP contribution in [-0.4, -0.2) is 26.4 Å². The minimum Gasteiger partial charge on any atom is -0.377 e. The van der Waals surface area contributed by atoms with E-state index in [2.05, 4.69) is 280 Å². The zero-order chi connectivity index (χ0) is 63.7. The van der Waals surface area contributed by atoms with Gasteiger partial charge in [-0.05, 0) is 227 Å². The van der Waals surface area contributed by atoms with Crippen molar-refractivity contribution in [2.75, 3.05) is 36.2 Å². The van der Waals surface area contributed by atoms with Gasteiger partial charge >= 0.3 is 0 Å². The van der Waals surface area contributed by atoms with Gasteiger partial charge in [0.1, 0.15) is 0 Å². The van der Waals surface area contributed by atoms with Crippen LogP contribution in [0.25, 0.3) is 35.4 Å². The van der Waals surface area contributed by atoms with Crippen LogP contribution >= 0.6 is 0 Å². The molecule has 0 amide bonds. The molecule has 0 aromatic heterocycles. The van der Waals surface area contributed by atoms with Crippen LogP contribution in [0.1, 0.15) is 104 Å². The largest absolute Gasteiger partial charge is 0.377 e. The molecular formula is C86H88N2O4. The lowest BCUT2D eigenvalue weighted by Gasteiger charge is -2.28. The summed E-state index contributed by atoms with van der Waals surface area (Å²) in [5.74, 6) is 0. The average molecular weight is 1210 g/mol. The average Bonchev–Trinajstić information content (AvgIpc) is 0.820. The summed E-state index contributed by atoms with van der Waals surface area (Å²) in [4.78, 5) is 4.79. The van der Waals surface area contributed by atoms with Crippen molar-refractivity contribution in [2.24, 2.45) is 0 Å². The van der Waals surface area contributed by atoms with E-state index in [0.717, 1.165) is 108 Å². The van der Waals surface area contributed by atoms with Gasteiger partial charge in [-0.1, -0.05) is 208 Å². The Bertz CT molecular complexity index is 3460. The van der Waals surface area contributed by atoms with Gasteiger partial charge in [-0.2, -0.15) is 0 Å². The number of aryl methyl sites for hydroxylation is 6. The van der Waals surface area contributed by atoms with E-state index < -0.39 is 0 Å². The lowest BCUT2D eigenvalue weighted by Crippen LogP contribution is -2.12. The number of anilines is 6. The topological polar surface area (TPSA) is 43.4 Å². The van der Waals surface area contributed by atoms with E-state index in [0.29, 0.717) is 52.9 Å². The molecule has 10 aromatic rings. The maximum absolute atomic E-state index is 6.09. The van der Waals surface area contributed by atoms with Gasteiger partial charge in [-0.25, -0.2) is 0 Å². The van der Waals surface area contributed by atoms with E-state index in [4.69, 9.17) is 18.9 Å². The van der Waals surface area contributed by atoms with E-state index in [1.54, 1.807) is 0 Å². The van der Waals surface area contributed by atoms with E-state index in [1.165, 1.54) is 66.8 Å². The molecule has 0 aliphatic heterocycles. The highest BCUT2D eigenvalue weighted by molar-refractivity contribution is 5.83. The van der Waals surface area contributed by atoms with E-state index in [-0.39, 0.29) is 0 Å². The highest BCUT2D eigenvalue weighted by Crippen LogP contribution is 2.41. The molecule has 0 saturated carbocycles. The fourth-order valence-electron chi connectivity index (χ4n) is 11.5. The van der Waals surface area contributed by atoms with Crippen LogP contribution in [0.15, 0.2) is 257 Å². The summed E-state index contributed by atoms with van der Waals surface area (Å²) < 4.78 is 24.3. The first kappa shape index (κ1) is 65.5. The van der Waals surface area contributed by atoms with Crippen molar-refractivity contribution in [3.63, 3.8) is 0 Å². The quantitative estimate of drug-likeness (QED) is 0.0369. The Labute approximate surface area is 548 Å². The lowest BCUT2D eigenvalue weighted by molar-refractivity contribution is 0.118. The molecule has 0 atom stereocenters. The van der Waals surface area contributed by atoms with Gasteiger partial charge in [0, 0.05) is 60.6 Å². The SMILES string of the molecule is C=Cc1ccc(COCCCc2ccc(N(c3ccc(CCCOCc4ccc(C=C)cc4)cc3)c3ccc(-c4ccc(N(c5ccc(CCCOCc6ccc(C=C)cc6)cc5)c5ccc(CCCOCc6ccc(C=C)cc6)cc5)c(C)c4)cc3C)cc2)cc1. The second-order valence-electron chi connectivity index (χ2n) is 23.7. The van der Waals surface area contributed by atoms with Crippen LogP contribution in [0.5, 0.6) is 0 Å². The Morgan fingerprint density at radius 1 is 0.272 bits per heavy atom. The summed E-state index contributed by atoms with van der Waals surface area (Å²) in [6, 6.07) is 83.6. The summed E-state index contributed by atoms with van der Waals surface area (Å²) in [6.45, 7) is 25.2. The van der Waals surface area contributed by atoms with Crippen molar-refractivity contribution in [3.05, 3.63) is 335 Å². The minimum atomic E-state index is 0.606. The van der Waals surface area contributed by atoms with Crippen LogP contribution in [0, 0.1) is 13.8 Å². The number of ether oxygens (including phenoxy) is 4. The van der Waals surface area contributed by atoms with E-state index in [1.807, 2.05) is 24.3 Å². The summed E-state index contributed by atoms with van der Waals surface area (Å²) >= 11 is 0. The molecule has 0 aliphatic carbocycles. The van der Waals surface area contributed by atoms with Gasteiger partial charge < -0.3 is 28.7 Å². The summed E-state index contributed by atoms with van der Waals surface area (Å²) in [5.41, 5.74) is 25.7. The predicted octanol–water partition coefficient (Wildman–Crippen LogP) is 22.1. The molecule has 0 saturated heterocycles. The predicted molar refractivity (Wildman–Crippen MR) is 389 cm³/mol. The van der Waals surface area contributed by atoms with Crippen molar-refractivity contribution in [1.29, 1.82) is 0 Å². The van der Waals surface area contributed by atoms with Gasteiger partial charge in [-0.15, -0.1) is 0 Å². The highest BCUT2D eigenvalue weighted by atomic mass is 16.5. The Morgan fingerprint density at radius 3 is 0.696 bits per heavy atom. The minimum absolute atomic E-state index is 0.606. The monoisotopic (exact) mass is 1210 g/mol. The van der Waals surface area contributed by atoms with Gasteiger partial charge in [0.15, 0.2) is 0 Å². The number of nitrogens with zero attached hydrogens (tertiary/aromatic N) is 2. The molecule has 0 radical (unpaired) electrons. The second-order valence-corrected chi connectivity index (χ2v) is 23.7. The lowest BCUT2D eigenvalue weighted by atomic mass is 9.98. The normalized spacial score (nSPS) is 11.1. The summed E-state index contributed by atoms with van der Waals surface area (Å²) in [7, 11) is 0. The fraction of sp³-hybridized carbons (Fsp3) is 0.209. The zero-order valence-corrected chi connectivity index (χ0v) is 53.9. The molecule has 0 fully saturated rings. The molecule has 0 bridgehead atoms. The number of benzene rings is 10. The van der Waals surface area contributed by atoms with Crippen LogP contribution in [0.3, 0.4) is 0 Å². The first-order valence-corrected chi connectivity index (χ1v) is 32.6. The maximum Gasteiger partial charge on any atom is 0.0716 e. The maximum atomic E-state index is 6.09. The van der Waals surface area contributed by atoms with Gasteiger partial charge in [0.05, 0.1) is 26.4 Å². The molecule has 6 heteroatoms. The van der Waals surface area contributed by atoms with Crippen molar-refractivity contribution in [1.82, 2.24) is 0 Å². The Morgan fingerprint density at radius 2 is 0.489 bits per heavy atom. The molecule has 0 N–H and O–H groups in total. The third kappa shape index (κ3) is 18.8. The Kier molecular flexibility index (Phi) is 24.3. The van der Waals surface area contributed by atoms with Crippen molar-refractivity contribution in [2.45, 2.75) is 91.6 Å². The number of rotatable bonds is 35. The third-order valence-electron chi connectivity index (χ3n) is 16.9. The number of hydrogen-bond donors (Lipinski definition) is 0. The van der Waals surface area contributed by atoms with Crippen LogP contribution in [0.2, 0.25) is 0 Å². The van der Waals surface area contributed by atoms with Crippen molar-refractivity contribution in [3.8, 4) is 11.1 Å². The molecule has 466 valence electrons. The molecule has 92 heavy (non-hydrogen) atoms. The smallest absolute Gasteiger partial charge is 0.0716 e. The molecule has 6 nitrogen and oxygen atoms in total. The third-order valence-corrected chi connectivity index (χ3v) is 16.9. The molecular weight excluding hydrogens is 1120 g/mol. The molecule has 0 aliphatic rings. The van der Waals surface area contributed by atoms with Crippen molar-refractivity contribution >= 4 is 58.4 Å². The van der Waals surface area contributed by atoms with Crippen molar-refractivity contribution < 1.29 is 18.9 Å². The fourth-order valence-corrected chi connectivity index (χ4v) is 11.5. The first-order valence-electron chi connectivity index (χ1n) is 32.6. The van der Waals surface area contributed by atoms with Gasteiger partial charge in [0.2, 0.25) is 0 Å². The van der Waals surface area contributed by atoms with E-state index >= 15 is 0 Å². The second kappa shape index (κ2) is 34.1. The highest BCUT2D eigenvalue weighted by Gasteiger charge is 2.19. The molecule has 10 rings (SSSR count). The summed E-state index contributed by atoms with van der Waals surface area (Å²) in [5, 5.41) is 0. The Hall–Kier alpha value is -9.40. The molecule has 10 aromatic carbocycles. The van der Waals surface area contributed by atoms with Gasteiger partial charge in [0.25, 0.3) is 0 Å². The number of hydrogen-bond acceptors (Lipinski definition) is 6. The van der Waals surface area contributed by atoms with Crippen LogP contribution in [0.4, 0.5) is 34.1 Å². The summed E-state index contributed by atoms with van der Waals surface area (Å²) in [6.07, 6.45) is 15.0. The first-order chi connectivity index (χ1) is 45.2. The standard InChI is InChI=1S/C86H88N2O4/c1-7-67-19-27-75(28-20-67)61-89-55-11-15-71-35-45-81(46-36-71)87(82-47-37-72(38-48-82)16-12-56-90-62-76-29-21-68(8-2)22-30-76)85-53-43-79(59-65(85)5)80-44-54-86(66(6)60-80)88(83-49-39-73(40-50-83)17-13-57-91-63-77-31-23-69(9-3)24-32-77)84-51-41-74(42-52-84)18-14-58-92-64-78-33-25-70(10-4)26-34-78/h7-10,19-54,59-60H,1-4,11-18,55-58,61-64H2,5-6H3. The molecule has 0 spiro atoms.